The monoisotopic (exact) mass is 291 g/mol. The highest BCUT2D eigenvalue weighted by Gasteiger charge is 2.28. The minimum absolute atomic E-state index is 0.509. The van der Waals surface area contributed by atoms with E-state index in [2.05, 4.69) is 42.0 Å². The van der Waals surface area contributed by atoms with Crippen molar-refractivity contribution < 1.29 is 5.11 Å². The van der Waals surface area contributed by atoms with Crippen molar-refractivity contribution in [3.8, 4) is 0 Å². The van der Waals surface area contributed by atoms with E-state index in [-0.39, 0.29) is 0 Å². The molecule has 0 aromatic carbocycles. The van der Waals surface area contributed by atoms with Gasteiger partial charge in [0, 0.05) is 25.8 Å². The van der Waals surface area contributed by atoms with E-state index in [1.165, 1.54) is 11.1 Å². The number of nitrogens with zero attached hydrogens (tertiary/aromatic N) is 2. The third-order valence-electron chi connectivity index (χ3n) is 4.13. The Morgan fingerprint density at radius 2 is 2.05 bits per heavy atom. The van der Waals surface area contributed by atoms with Crippen LogP contribution in [0.5, 0.6) is 0 Å². The van der Waals surface area contributed by atoms with Crippen LogP contribution in [0.2, 0.25) is 0 Å². The van der Waals surface area contributed by atoms with Gasteiger partial charge >= 0.3 is 0 Å². The van der Waals surface area contributed by atoms with E-state index < -0.39 is 5.60 Å². The molecule has 1 saturated heterocycles. The van der Waals surface area contributed by atoms with E-state index in [1.54, 1.807) is 0 Å². The SMILES string of the molecule is Cc1cc(CNCC(C)C)cnc1N1CCC(C)(O)CC1. The quantitative estimate of drug-likeness (QED) is 0.875. The Morgan fingerprint density at radius 1 is 1.38 bits per heavy atom. The van der Waals surface area contributed by atoms with Crippen molar-refractivity contribution in [2.45, 2.75) is 52.7 Å². The van der Waals surface area contributed by atoms with Gasteiger partial charge in [-0.3, -0.25) is 0 Å². The summed E-state index contributed by atoms with van der Waals surface area (Å²) >= 11 is 0. The molecule has 2 N–H and O–H groups in total. The number of aromatic nitrogens is 1. The minimum atomic E-state index is -0.509. The predicted octanol–water partition coefficient (Wildman–Crippen LogP) is 2.49. The van der Waals surface area contributed by atoms with Crippen molar-refractivity contribution in [2.24, 2.45) is 5.92 Å². The highest BCUT2D eigenvalue weighted by Crippen LogP contribution is 2.26. The molecular formula is C17H29N3O. The molecular weight excluding hydrogens is 262 g/mol. The Balaban J connectivity index is 1.96. The van der Waals surface area contributed by atoms with Gasteiger partial charge in [0.05, 0.1) is 5.60 Å². The van der Waals surface area contributed by atoms with Gasteiger partial charge in [0.15, 0.2) is 0 Å². The summed E-state index contributed by atoms with van der Waals surface area (Å²) in [5, 5.41) is 13.5. The summed E-state index contributed by atoms with van der Waals surface area (Å²) in [4.78, 5) is 6.94. The van der Waals surface area contributed by atoms with Gasteiger partial charge in [-0.1, -0.05) is 13.8 Å². The average Bonchev–Trinajstić information content (AvgIpc) is 2.39. The van der Waals surface area contributed by atoms with E-state index in [4.69, 9.17) is 0 Å². The molecule has 118 valence electrons. The zero-order chi connectivity index (χ0) is 15.5. The molecule has 0 atom stereocenters. The largest absolute Gasteiger partial charge is 0.390 e. The van der Waals surface area contributed by atoms with Gasteiger partial charge in [-0.2, -0.15) is 0 Å². The van der Waals surface area contributed by atoms with Crippen LogP contribution in [0.25, 0.3) is 0 Å². The molecule has 0 unspecified atom stereocenters. The Hall–Kier alpha value is -1.13. The Kier molecular flexibility index (Phi) is 5.22. The molecule has 1 fully saturated rings. The summed E-state index contributed by atoms with van der Waals surface area (Å²) < 4.78 is 0. The van der Waals surface area contributed by atoms with Crippen LogP contribution in [0.3, 0.4) is 0 Å². The lowest BCUT2D eigenvalue weighted by molar-refractivity contribution is 0.0350. The molecule has 4 heteroatoms. The lowest BCUT2D eigenvalue weighted by atomic mass is 9.93. The number of anilines is 1. The van der Waals surface area contributed by atoms with Gasteiger partial charge < -0.3 is 15.3 Å². The van der Waals surface area contributed by atoms with Crippen molar-refractivity contribution in [3.63, 3.8) is 0 Å². The molecule has 0 radical (unpaired) electrons. The van der Waals surface area contributed by atoms with Crippen molar-refractivity contribution in [3.05, 3.63) is 23.4 Å². The van der Waals surface area contributed by atoms with Crippen LogP contribution < -0.4 is 10.2 Å². The smallest absolute Gasteiger partial charge is 0.131 e. The molecule has 1 aliphatic rings. The molecule has 21 heavy (non-hydrogen) atoms. The van der Waals surface area contributed by atoms with Gasteiger partial charge in [-0.05, 0) is 56.3 Å². The zero-order valence-corrected chi connectivity index (χ0v) is 13.8. The summed E-state index contributed by atoms with van der Waals surface area (Å²) in [5.74, 6) is 1.73. The summed E-state index contributed by atoms with van der Waals surface area (Å²) in [6.45, 7) is 12.1. The van der Waals surface area contributed by atoms with Crippen LogP contribution in [0.15, 0.2) is 12.3 Å². The average molecular weight is 291 g/mol. The fourth-order valence-electron chi connectivity index (χ4n) is 2.76. The second kappa shape index (κ2) is 6.75. The Labute approximate surface area is 128 Å². The standard InChI is InChI=1S/C17H29N3O/c1-13(2)10-18-11-15-9-14(3)16(19-12-15)20-7-5-17(4,21)6-8-20/h9,12-13,18,21H,5-8,10-11H2,1-4H3. The molecule has 2 rings (SSSR count). The minimum Gasteiger partial charge on any atom is -0.390 e. The number of nitrogens with one attached hydrogen (secondary N) is 1. The van der Waals surface area contributed by atoms with Crippen LogP contribution in [0.4, 0.5) is 5.82 Å². The first-order valence-electron chi connectivity index (χ1n) is 8.01. The van der Waals surface area contributed by atoms with Crippen LogP contribution in [-0.4, -0.2) is 35.3 Å². The third-order valence-corrected chi connectivity index (χ3v) is 4.13. The normalized spacial score (nSPS) is 18.3. The molecule has 0 bridgehead atoms. The number of hydrogen-bond donors (Lipinski definition) is 2. The number of pyridine rings is 1. The molecule has 1 aliphatic heterocycles. The summed E-state index contributed by atoms with van der Waals surface area (Å²) in [6.07, 6.45) is 3.60. The third kappa shape index (κ3) is 4.68. The molecule has 2 heterocycles. The molecule has 0 amide bonds. The van der Waals surface area contributed by atoms with Gasteiger partial charge in [-0.15, -0.1) is 0 Å². The first-order chi connectivity index (χ1) is 9.87. The van der Waals surface area contributed by atoms with E-state index in [0.717, 1.165) is 44.8 Å². The van der Waals surface area contributed by atoms with E-state index in [0.29, 0.717) is 5.92 Å². The van der Waals surface area contributed by atoms with Gasteiger partial charge in [-0.25, -0.2) is 4.98 Å². The summed E-state index contributed by atoms with van der Waals surface area (Å²) in [7, 11) is 0. The molecule has 0 aliphatic carbocycles. The highest BCUT2D eigenvalue weighted by molar-refractivity contribution is 5.47. The molecule has 1 aromatic rings. The van der Waals surface area contributed by atoms with Crippen LogP contribution in [0, 0.1) is 12.8 Å². The highest BCUT2D eigenvalue weighted by atomic mass is 16.3. The first kappa shape index (κ1) is 16.2. The van der Waals surface area contributed by atoms with Gasteiger partial charge in [0.25, 0.3) is 0 Å². The van der Waals surface area contributed by atoms with E-state index in [9.17, 15) is 5.11 Å². The number of aliphatic hydroxyl groups is 1. The molecule has 0 spiro atoms. The number of aryl methyl sites for hydroxylation is 1. The lowest BCUT2D eigenvalue weighted by Gasteiger charge is -2.37. The van der Waals surface area contributed by atoms with E-state index in [1.807, 2.05) is 13.1 Å². The maximum atomic E-state index is 10.0. The van der Waals surface area contributed by atoms with E-state index >= 15 is 0 Å². The van der Waals surface area contributed by atoms with Gasteiger partial charge in [0.1, 0.15) is 5.82 Å². The lowest BCUT2D eigenvalue weighted by Crippen LogP contribution is -2.43. The topological polar surface area (TPSA) is 48.4 Å². The fourth-order valence-corrected chi connectivity index (χ4v) is 2.76. The van der Waals surface area contributed by atoms with Gasteiger partial charge in [0.2, 0.25) is 0 Å². The second-order valence-corrected chi connectivity index (χ2v) is 6.99. The van der Waals surface area contributed by atoms with Crippen molar-refractivity contribution in [1.82, 2.24) is 10.3 Å². The van der Waals surface area contributed by atoms with Crippen LogP contribution in [-0.2, 0) is 6.54 Å². The Bertz CT molecular complexity index is 461. The number of rotatable bonds is 5. The van der Waals surface area contributed by atoms with Crippen molar-refractivity contribution in [2.75, 3.05) is 24.5 Å². The predicted molar refractivity (Wildman–Crippen MR) is 87.6 cm³/mol. The van der Waals surface area contributed by atoms with Crippen LogP contribution in [0.1, 0.15) is 44.7 Å². The van der Waals surface area contributed by atoms with Crippen molar-refractivity contribution in [1.29, 1.82) is 0 Å². The zero-order valence-electron chi connectivity index (χ0n) is 13.8. The summed E-state index contributed by atoms with van der Waals surface area (Å²) in [6, 6.07) is 2.22. The van der Waals surface area contributed by atoms with Crippen molar-refractivity contribution >= 4 is 5.82 Å². The molecule has 1 aromatic heterocycles. The number of piperidine rings is 1. The maximum Gasteiger partial charge on any atom is 0.131 e. The summed E-state index contributed by atoms with van der Waals surface area (Å²) in [5.41, 5.74) is 1.95. The molecule has 0 saturated carbocycles. The first-order valence-corrected chi connectivity index (χ1v) is 8.01. The fraction of sp³-hybridized carbons (Fsp3) is 0.706. The molecule has 4 nitrogen and oxygen atoms in total. The Morgan fingerprint density at radius 3 is 2.62 bits per heavy atom. The van der Waals surface area contributed by atoms with Crippen LogP contribution >= 0.6 is 0 Å². The number of hydrogen-bond acceptors (Lipinski definition) is 4. The second-order valence-electron chi connectivity index (χ2n) is 6.99. The maximum absolute atomic E-state index is 10.0.